The Morgan fingerprint density at radius 2 is 1.78 bits per heavy atom. The minimum atomic E-state index is -0.674. The fraction of sp³-hybridized carbons (Fsp3) is 0.200. The lowest BCUT2D eigenvalue weighted by Crippen LogP contribution is -2.34. The van der Waals surface area contributed by atoms with Crippen LogP contribution in [0.15, 0.2) is 47.5 Å². The van der Waals surface area contributed by atoms with Gasteiger partial charge in [0.15, 0.2) is 0 Å². The van der Waals surface area contributed by atoms with Gasteiger partial charge in [-0.15, -0.1) is 0 Å². The number of carbonyl (C=O) groups excluding carboxylic acids is 1. The summed E-state index contributed by atoms with van der Waals surface area (Å²) in [6, 6.07) is 14.1. The third-order valence-electron chi connectivity index (χ3n) is 3.22. The Hall–Kier alpha value is -2.16. The van der Waals surface area contributed by atoms with E-state index in [0.717, 1.165) is 16.3 Å². The molecule has 0 aliphatic carbocycles. The molecule has 0 spiro atoms. The molecule has 1 heterocycles. The smallest absolute Gasteiger partial charge is 0.252 e. The largest absolute Gasteiger partial charge is 0.308 e. The molecule has 0 saturated carbocycles. The van der Waals surface area contributed by atoms with E-state index in [9.17, 15) is 4.79 Å². The van der Waals surface area contributed by atoms with E-state index in [1.807, 2.05) is 44.2 Å². The number of amidine groups is 1. The Balaban J connectivity index is 2.20. The Labute approximate surface area is 106 Å². The van der Waals surface area contributed by atoms with E-state index in [1.54, 1.807) is 0 Å². The summed E-state index contributed by atoms with van der Waals surface area (Å²) in [4.78, 5) is 16.3. The van der Waals surface area contributed by atoms with E-state index in [-0.39, 0.29) is 5.91 Å². The lowest BCUT2D eigenvalue weighted by Gasteiger charge is -2.07. The van der Waals surface area contributed by atoms with Gasteiger partial charge in [-0.1, -0.05) is 42.5 Å². The fourth-order valence-electron chi connectivity index (χ4n) is 2.18. The van der Waals surface area contributed by atoms with E-state index in [0.29, 0.717) is 5.84 Å². The van der Waals surface area contributed by atoms with Crippen LogP contribution in [0.25, 0.3) is 10.8 Å². The average Bonchev–Trinajstić information content (AvgIpc) is 2.63. The lowest BCUT2D eigenvalue weighted by molar-refractivity contribution is -0.122. The first-order chi connectivity index (χ1) is 8.58. The standard InChI is InChI=1S/C15H14N2O/c1-15(2)14(18)16-13(17-15)12-9-5-7-10-6-3-4-8-11(10)12/h3-9H,1-2H3,(H,16,17,18). The molecule has 0 unspecified atom stereocenters. The molecule has 90 valence electrons. The quantitative estimate of drug-likeness (QED) is 0.814. The highest BCUT2D eigenvalue weighted by Crippen LogP contribution is 2.23. The van der Waals surface area contributed by atoms with Crippen LogP contribution in [-0.4, -0.2) is 17.3 Å². The van der Waals surface area contributed by atoms with Gasteiger partial charge in [0.1, 0.15) is 11.4 Å². The van der Waals surface area contributed by atoms with Crippen LogP contribution in [0.1, 0.15) is 19.4 Å². The number of hydrogen-bond donors (Lipinski definition) is 1. The fourth-order valence-corrected chi connectivity index (χ4v) is 2.18. The van der Waals surface area contributed by atoms with E-state index >= 15 is 0 Å². The second-order valence-corrected chi connectivity index (χ2v) is 5.00. The van der Waals surface area contributed by atoms with Gasteiger partial charge in [-0.3, -0.25) is 9.79 Å². The minimum absolute atomic E-state index is 0.0505. The van der Waals surface area contributed by atoms with Crippen LogP contribution in [0.2, 0.25) is 0 Å². The lowest BCUT2D eigenvalue weighted by atomic mass is 10.0. The Kier molecular flexibility index (Phi) is 2.23. The maximum Gasteiger partial charge on any atom is 0.252 e. The van der Waals surface area contributed by atoms with Crippen LogP contribution < -0.4 is 5.32 Å². The molecular formula is C15H14N2O. The minimum Gasteiger partial charge on any atom is -0.308 e. The van der Waals surface area contributed by atoms with Gasteiger partial charge in [-0.2, -0.15) is 0 Å². The van der Waals surface area contributed by atoms with E-state index in [1.165, 1.54) is 0 Å². The van der Waals surface area contributed by atoms with Crippen molar-refractivity contribution in [1.29, 1.82) is 0 Å². The zero-order chi connectivity index (χ0) is 12.8. The second kappa shape index (κ2) is 3.67. The number of nitrogens with zero attached hydrogens (tertiary/aromatic N) is 1. The molecule has 0 aromatic heterocycles. The first-order valence-electron chi connectivity index (χ1n) is 5.97. The zero-order valence-corrected chi connectivity index (χ0v) is 10.4. The number of nitrogens with one attached hydrogen (secondary N) is 1. The number of aliphatic imine (C=N–C) groups is 1. The molecule has 0 saturated heterocycles. The zero-order valence-electron chi connectivity index (χ0n) is 10.4. The number of rotatable bonds is 1. The Morgan fingerprint density at radius 1 is 1.06 bits per heavy atom. The first kappa shape index (κ1) is 11.0. The van der Waals surface area contributed by atoms with E-state index in [2.05, 4.69) is 22.4 Å². The second-order valence-electron chi connectivity index (χ2n) is 5.00. The van der Waals surface area contributed by atoms with Gasteiger partial charge in [0.25, 0.3) is 5.91 Å². The maximum absolute atomic E-state index is 11.8. The molecule has 0 radical (unpaired) electrons. The highest BCUT2D eigenvalue weighted by molar-refractivity contribution is 6.19. The number of amides is 1. The molecule has 2 aromatic rings. The highest BCUT2D eigenvalue weighted by Gasteiger charge is 2.34. The molecule has 0 atom stereocenters. The predicted molar refractivity (Wildman–Crippen MR) is 72.7 cm³/mol. The van der Waals surface area contributed by atoms with Crippen molar-refractivity contribution in [3.05, 3.63) is 48.0 Å². The summed E-state index contributed by atoms with van der Waals surface area (Å²) in [6.45, 7) is 3.64. The SMILES string of the molecule is CC1(C)N=C(c2cccc3ccccc23)NC1=O. The first-order valence-corrected chi connectivity index (χ1v) is 5.97. The molecule has 18 heavy (non-hydrogen) atoms. The Bertz CT molecular complexity index is 666. The molecule has 1 amide bonds. The van der Waals surface area contributed by atoms with Crippen molar-refractivity contribution in [2.24, 2.45) is 4.99 Å². The molecule has 0 fully saturated rings. The van der Waals surface area contributed by atoms with Crippen LogP contribution in [0.5, 0.6) is 0 Å². The molecule has 3 heteroatoms. The van der Waals surface area contributed by atoms with Crippen molar-refractivity contribution in [3.8, 4) is 0 Å². The molecule has 1 aliphatic heterocycles. The van der Waals surface area contributed by atoms with Crippen molar-refractivity contribution in [2.45, 2.75) is 19.4 Å². The van der Waals surface area contributed by atoms with Crippen molar-refractivity contribution < 1.29 is 4.79 Å². The summed E-state index contributed by atoms with van der Waals surface area (Å²) in [5.74, 6) is 0.618. The van der Waals surface area contributed by atoms with Gasteiger partial charge < -0.3 is 5.32 Å². The summed E-state index contributed by atoms with van der Waals surface area (Å²) in [6.07, 6.45) is 0. The van der Waals surface area contributed by atoms with Crippen molar-refractivity contribution in [3.63, 3.8) is 0 Å². The number of hydrogen-bond acceptors (Lipinski definition) is 2. The van der Waals surface area contributed by atoms with Crippen LogP contribution in [0, 0.1) is 0 Å². The predicted octanol–water partition coefficient (Wildman–Crippen LogP) is 2.49. The molecule has 3 rings (SSSR count). The van der Waals surface area contributed by atoms with Crippen molar-refractivity contribution in [1.82, 2.24) is 5.32 Å². The Morgan fingerprint density at radius 3 is 2.50 bits per heavy atom. The van der Waals surface area contributed by atoms with Gasteiger partial charge in [0.05, 0.1) is 0 Å². The molecule has 2 aromatic carbocycles. The molecule has 1 aliphatic rings. The topological polar surface area (TPSA) is 41.5 Å². The summed E-state index contributed by atoms with van der Waals surface area (Å²) in [7, 11) is 0. The van der Waals surface area contributed by atoms with Gasteiger partial charge >= 0.3 is 0 Å². The number of benzene rings is 2. The summed E-state index contributed by atoms with van der Waals surface area (Å²) in [5, 5.41) is 5.12. The summed E-state index contributed by atoms with van der Waals surface area (Å²) < 4.78 is 0. The number of carbonyl (C=O) groups is 1. The monoisotopic (exact) mass is 238 g/mol. The average molecular weight is 238 g/mol. The maximum atomic E-state index is 11.8. The van der Waals surface area contributed by atoms with E-state index in [4.69, 9.17) is 0 Å². The van der Waals surface area contributed by atoms with Gasteiger partial charge in [-0.25, -0.2) is 0 Å². The van der Waals surface area contributed by atoms with Gasteiger partial charge in [0.2, 0.25) is 0 Å². The van der Waals surface area contributed by atoms with Crippen LogP contribution in [0.3, 0.4) is 0 Å². The summed E-state index contributed by atoms with van der Waals surface area (Å²) in [5.41, 5.74) is 0.304. The molecule has 1 N–H and O–H groups in total. The van der Waals surface area contributed by atoms with Crippen LogP contribution >= 0.6 is 0 Å². The van der Waals surface area contributed by atoms with Crippen LogP contribution in [-0.2, 0) is 4.79 Å². The van der Waals surface area contributed by atoms with Gasteiger partial charge in [0, 0.05) is 5.56 Å². The van der Waals surface area contributed by atoms with Crippen molar-refractivity contribution in [2.75, 3.05) is 0 Å². The third-order valence-corrected chi connectivity index (χ3v) is 3.22. The van der Waals surface area contributed by atoms with Gasteiger partial charge in [-0.05, 0) is 24.6 Å². The highest BCUT2D eigenvalue weighted by atomic mass is 16.2. The van der Waals surface area contributed by atoms with Crippen LogP contribution in [0.4, 0.5) is 0 Å². The molecular weight excluding hydrogens is 224 g/mol. The normalized spacial score (nSPS) is 17.7. The third kappa shape index (κ3) is 1.59. The number of fused-ring (bicyclic) bond motifs is 1. The van der Waals surface area contributed by atoms with Crippen molar-refractivity contribution >= 4 is 22.5 Å². The van der Waals surface area contributed by atoms with E-state index < -0.39 is 5.54 Å². The molecule has 3 nitrogen and oxygen atoms in total. The molecule has 0 bridgehead atoms. The summed E-state index contributed by atoms with van der Waals surface area (Å²) >= 11 is 0.